The average molecular weight is 533 g/mol. The number of carbonyl (C=O) groups is 2. The summed E-state index contributed by atoms with van der Waals surface area (Å²) in [5.41, 5.74) is 1.77. The van der Waals surface area contributed by atoms with Crippen molar-refractivity contribution in [3.8, 4) is 17.2 Å². The first-order chi connectivity index (χ1) is 17.4. The van der Waals surface area contributed by atoms with Gasteiger partial charge >= 0.3 is 5.97 Å². The van der Waals surface area contributed by atoms with Gasteiger partial charge in [-0.05, 0) is 54.7 Å². The van der Waals surface area contributed by atoms with E-state index in [0.717, 1.165) is 5.56 Å². The Morgan fingerprint density at radius 3 is 2.33 bits per heavy atom. The first kappa shape index (κ1) is 28.5. The highest BCUT2D eigenvalue weighted by atomic mass is 35.5. The van der Waals surface area contributed by atoms with Gasteiger partial charge < -0.3 is 24.6 Å². The van der Waals surface area contributed by atoms with Gasteiger partial charge in [-0.3, -0.25) is 9.79 Å². The van der Waals surface area contributed by atoms with Crippen LogP contribution in [0.4, 0.5) is 11.4 Å². The molecule has 0 unspecified atom stereocenters. The summed E-state index contributed by atoms with van der Waals surface area (Å²) in [6, 6.07) is 16.7. The number of carboxylic acid groups (broad SMARTS) is 1. The van der Waals surface area contributed by atoms with Crippen LogP contribution in [-0.2, 0) is 16.2 Å². The van der Waals surface area contributed by atoms with Gasteiger partial charge in [-0.1, -0.05) is 55.2 Å². The van der Waals surface area contributed by atoms with Crippen molar-refractivity contribution in [3.63, 3.8) is 0 Å². The van der Waals surface area contributed by atoms with E-state index in [0.29, 0.717) is 33.6 Å². The number of hydrogen-bond donors (Lipinski definition) is 2. The molecule has 0 spiro atoms. The van der Waals surface area contributed by atoms with Crippen LogP contribution >= 0.6 is 23.2 Å². The molecule has 0 fully saturated rings. The Morgan fingerprint density at radius 2 is 1.67 bits per heavy atom. The molecule has 0 saturated carbocycles. The molecule has 0 heterocycles. The van der Waals surface area contributed by atoms with Crippen LogP contribution < -0.4 is 19.5 Å². The van der Waals surface area contributed by atoms with Gasteiger partial charge in [-0.25, -0.2) is 4.79 Å². The molecule has 0 radical (unpaired) electrons. The van der Waals surface area contributed by atoms with Crippen LogP contribution in [0.15, 0.2) is 65.7 Å². The van der Waals surface area contributed by atoms with Crippen LogP contribution in [0, 0.1) is 0 Å². The molecule has 0 aliphatic carbocycles. The van der Waals surface area contributed by atoms with E-state index in [4.69, 9.17) is 42.5 Å². The fourth-order valence-corrected chi connectivity index (χ4v) is 3.11. The van der Waals surface area contributed by atoms with E-state index in [9.17, 15) is 9.59 Å². The third-order valence-corrected chi connectivity index (χ3v) is 5.17. The smallest absolute Gasteiger partial charge is 0.341 e. The second kappa shape index (κ2) is 14.6. The number of carbonyl (C=O) groups excluding carboxylic acids is 1. The molecule has 0 bridgehead atoms. The topological polar surface area (TPSA) is 106 Å². The van der Waals surface area contributed by atoms with Gasteiger partial charge in [0.25, 0.3) is 5.91 Å². The van der Waals surface area contributed by atoms with Gasteiger partial charge in [0.1, 0.15) is 34.6 Å². The van der Waals surface area contributed by atoms with Crippen LogP contribution in [0.1, 0.15) is 19.4 Å². The Morgan fingerprint density at radius 1 is 0.944 bits per heavy atom. The lowest BCUT2D eigenvalue weighted by molar-refractivity contribution is -0.139. The number of aliphatic imine (C=N–C) groups is 1. The Kier molecular flexibility index (Phi) is 11.6. The molecule has 36 heavy (non-hydrogen) atoms. The van der Waals surface area contributed by atoms with E-state index < -0.39 is 18.5 Å². The van der Waals surface area contributed by atoms with Gasteiger partial charge in [-0.15, -0.1) is 0 Å². The number of halogens is 2. The molecule has 0 aromatic heterocycles. The fraction of sp³-hybridized carbons (Fsp3) is 0.192. The molecule has 8 nitrogen and oxygen atoms in total. The number of hydrogen-bond acceptors (Lipinski definition) is 6. The molecule has 190 valence electrons. The molecule has 3 aromatic carbocycles. The largest absolute Gasteiger partial charge is 0.487 e. The van der Waals surface area contributed by atoms with E-state index in [-0.39, 0.29) is 18.2 Å². The number of nitrogens with one attached hydrogen (secondary N) is 1. The molecular formula is C26H26Cl2N2O6. The van der Waals surface area contributed by atoms with E-state index in [1.807, 2.05) is 13.8 Å². The summed E-state index contributed by atoms with van der Waals surface area (Å²) in [5.74, 6) is -0.218. The molecule has 0 saturated heterocycles. The minimum atomic E-state index is -1.05. The van der Waals surface area contributed by atoms with Gasteiger partial charge in [0.05, 0.1) is 5.02 Å². The number of ether oxygens (including phenoxy) is 3. The maximum atomic E-state index is 12.3. The second-order valence-electron chi connectivity index (χ2n) is 6.84. The molecular weight excluding hydrogens is 507 g/mol. The summed E-state index contributed by atoms with van der Waals surface area (Å²) >= 11 is 12.0. The lowest BCUT2D eigenvalue weighted by atomic mass is 10.2. The van der Waals surface area contributed by atoms with Crippen molar-refractivity contribution in [2.45, 2.75) is 20.5 Å². The normalized spacial score (nSPS) is 9.89. The van der Waals surface area contributed by atoms with Crippen LogP contribution in [0.25, 0.3) is 0 Å². The van der Waals surface area contributed by atoms with Crippen molar-refractivity contribution >= 4 is 53.2 Å². The summed E-state index contributed by atoms with van der Waals surface area (Å²) in [6.45, 7) is 7.11. The second-order valence-corrected chi connectivity index (χ2v) is 7.63. The Hall–Kier alpha value is -3.75. The highest BCUT2D eigenvalue weighted by Gasteiger charge is 2.11. The third kappa shape index (κ3) is 8.79. The Bertz CT molecular complexity index is 1190. The molecule has 3 rings (SSSR count). The van der Waals surface area contributed by atoms with Crippen LogP contribution in [0.2, 0.25) is 10.0 Å². The molecule has 10 heteroatoms. The number of nitrogens with zero attached hydrogens (tertiary/aromatic N) is 1. The fourth-order valence-electron chi connectivity index (χ4n) is 2.76. The highest BCUT2D eigenvalue weighted by Crippen LogP contribution is 2.32. The lowest BCUT2D eigenvalue weighted by Gasteiger charge is -2.12. The van der Waals surface area contributed by atoms with E-state index >= 15 is 0 Å². The van der Waals surface area contributed by atoms with Crippen LogP contribution in [0.3, 0.4) is 0 Å². The number of amides is 1. The molecule has 0 aliphatic rings. The standard InChI is InChI=1S/C24H20Cl2N2O6.C2H6/c1-27-19-11-16(28-22(29)13-34-21-4-2-3-18(25)24(21)26)7-10-20(19)33-12-15-5-8-17(9-6-15)32-14-23(30)31;1-2/h2-11H,1,12-14H2,(H,28,29)(H,30,31);1-2H3. The molecule has 3 aromatic rings. The SMILES string of the molecule is C=Nc1cc(NC(=O)COc2cccc(Cl)c2Cl)ccc1OCc1ccc(OCC(=O)O)cc1.CC. The zero-order chi connectivity index (χ0) is 26.5. The van der Waals surface area contributed by atoms with E-state index in [1.54, 1.807) is 60.7 Å². The van der Waals surface area contributed by atoms with Crippen LogP contribution in [-0.4, -0.2) is 36.9 Å². The van der Waals surface area contributed by atoms with Gasteiger partial charge in [-0.2, -0.15) is 0 Å². The number of benzene rings is 3. The Labute approximate surface area is 219 Å². The van der Waals surface area contributed by atoms with Gasteiger partial charge in [0, 0.05) is 5.69 Å². The summed E-state index contributed by atoms with van der Waals surface area (Å²) < 4.78 is 16.3. The first-order valence-corrected chi connectivity index (χ1v) is 11.6. The van der Waals surface area contributed by atoms with Crippen molar-refractivity contribution in [1.82, 2.24) is 0 Å². The molecule has 0 aliphatic heterocycles. The van der Waals surface area contributed by atoms with E-state index in [1.165, 1.54) is 0 Å². The third-order valence-electron chi connectivity index (χ3n) is 4.37. The maximum Gasteiger partial charge on any atom is 0.341 e. The van der Waals surface area contributed by atoms with Crippen molar-refractivity contribution in [2.24, 2.45) is 4.99 Å². The Balaban J connectivity index is 0.00000222. The highest BCUT2D eigenvalue weighted by molar-refractivity contribution is 6.42. The predicted octanol–water partition coefficient (Wildman–Crippen LogP) is 6.41. The summed E-state index contributed by atoms with van der Waals surface area (Å²) in [6.07, 6.45) is 0. The molecule has 1 amide bonds. The number of carboxylic acids is 1. The maximum absolute atomic E-state index is 12.3. The van der Waals surface area contributed by atoms with Crippen LogP contribution in [0.5, 0.6) is 17.2 Å². The number of anilines is 1. The lowest BCUT2D eigenvalue weighted by Crippen LogP contribution is -2.20. The minimum Gasteiger partial charge on any atom is -0.487 e. The summed E-state index contributed by atoms with van der Waals surface area (Å²) in [4.78, 5) is 26.8. The zero-order valence-electron chi connectivity index (χ0n) is 19.8. The molecule has 2 N–H and O–H groups in total. The zero-order valence-corrected chi connectivity index (χ0v) is 21.3. The van der Waals surface area contributed by atoms with Gasteiger partial charge in [0.15, 0.2) is 13.2 Å². The van der Waals surface area contributed by atoms with Gasteiger partial charge in [0.2, 0.25) is 0 Å². The van der Waals surface area contributed by atoms with Crippen molar-refractivity contribution in [3.05, 3.63) is 76.3 Å². The predicted molar refractivity (Wildman–Crippen MR) is 141 cm³/mol. The monoisotopic (exact) mass is 532 g/mol. The van der Waals surface area contributed by atoms with Crippen molar-refractivity contribution in [2.75, 3.05) is 18.5 Å². The summed E-state index contributed by atoms with van der Waals surface area (Å²) in [7, 11) is 0. The summed E-state index contributed by atoms with van der Waals surface area (Å²) in [5, 5.41) is 11.9. The number of rotatable bonds is 11. The van der Waals surface area contributed by atoms with Crippen molar-refractivity contribution in [1.29, 1.82) is 0 Å². The molecule has 0 atom stereocenters. The first-order valence-electron chi connectivity index (χ1n) is 10.9. The average Bonchev–Trinajstić information content (AvgIpc) is 2.89. The minimum absolute atomic E-state index is 0.235. The quantitative estimate of drug-likeness (QED) is 0.276. The van der Waals surface area contributed by atoms with E-state index in [2.05, 4.69) is 17.0 Å². The van der Waals surface area contributed by atoms with Crippen molar-refractivity contribution < 1.29 is 28.9 Å². The number of aliphatic carboxylic acids is 1.